The van der Waals surface area contributed by atoms with Crippen LogP contribution in [0.1, 0.15) is 53.7 Å². The van der Waals surface area contributed by atoms with E-state index in [1.807, 2.05) is 39.8 Å². The molecule has 0 radical (unpaired) electrons. The zero-order valence-electron chi connectivity index (χ0n) is 17.6. The van der Waals surface area contributed by atoms with Crippen molar-refractivity contribution in [1.29, 1.82) is 0 Å². The summed E-state index contributed by atoms with van der Waals surface area (Å²) in [4.78, 5) is 36.1. The van der Waals surface area contributed by atoms with Gasteiger partial charge in [-0.2, -0.15) is 0 Å². The molecule has 2 rings (SSSR count). The Morgan fingerprint density at radius 3 is 2.17 bits per heavy atom. The SMILES string of the molecule is CCCC(=O)Nc1ccc(OCC(=O)Nc2c(C)cc(C)cc2C)c(C(C)=O)c1. The summed E-state index contributed by atoms with van der Waals surface area (Å²) in [5, 5.41) is 5.62. The van der Waals surface area contributed by atoms with Crippen molar-refractivity contribution in [3.8, 4) is 5.75 Å². The van der Waals surface area contributed by atoms with Crippen molar-refractivity contribution in [2.45, 2.75) is 47.5 Å². The maximum Gasteiger partial charge on any atom is 0.262 e. The molecule has 0 saturated carbocycles. The van der Waals surface area contributed by atoms with E-state index < -0.39 is 0 Å². The van der Waals surface area contributed by atoms with Gasteiger partial charge in [0.2, 0.25) is 5.91 Å². The smallest absolute Gasteiger partial charge is 0.262 e. The topological polar surface area (TPSA) is 84.5 Å². The number of nitrogens with one attached hydrogen (secondary N) is 2. The zero-order chi connectivity index (χ0) is 21.6. The molecular weight excluding hydrogens is 368 g/mol. The van der Waals surface area contributed by atoms with Gasteiger partial charge in [0.25, 0.3) is 5.91 Å². The highest BCUT2D eigenvalue weighted by Gasteiger charge is 2.14. The largest absolute Gasteiger partial charge is 0.483 e. The Balaban J connectivity index is 2.08. The number of rotatable bonds is 8. The highest BCUT2D eigenvalue weighted by Crippen LogP contribution is 2.25. The molecule has 0 aliphatic carbocycles. The van der Waals surface area contributed by atoms with Crippen molar-refractivity contribution in [2.75, 3.05) is 17.2 Å². The van der Waals surface area contributed by atoms with Crippen molar-refractivity contribution < 1.29 is 19.1 Å². The van der Waals surface area contributed by atoms with Gasteiger partial charge in [-0.15, -0.1) is 0 Å². The molecule has 154 valence electrons. The number of hydrogen-bond donors (Lipinski definition) is 2. The van der Waals surface area contributed by atoms with E-state index in [9.17, 15) is 14.4 Å². The van der Waals surface area contributed by atoms with Crippen LogP contribution in [-0.2, 0) is 9.59 Å². The number of ether oxygens (including phenoxy) is 1. The summed E-state index contributed by atoms with van der Waals surface area (Å²) < 4.78 is 5.60. The lowest BCUT2D eigenvalue weighted by Gasteiger charge is -2.15. The van der Waals surface area contributed by atoms with Gasteiger partial charge in [-0.25, -0.2) is 0 Å². The van der Waals surface area contributed by atoms with E-state index in [1.54, 1.807) is 18.2 Å². The van der Waals surface area contributed by atoms with Crippen LogP contribution in [0.15, 0.2) is 30.3 Å². The van der Waals surface area contributed by atoms with Gasteiger partial charge >= 0.3 is 0 Å². The van der Waals surface area contributed by atoms with E-state index in [0.29, 0.717) is 23.4 Å². The number of anilines is 2. The summed E-state index contributed by atoms with van der Waals surface area (Å²) in [7, 11) is 0. The molecule has 0 atom stereocenters. The molecule has 0 aliphatic rings. The summed E-state index contributed by atoms with van der Waals surface area (Å²) in [5.74, 6) is -0.329. The Morgan fingerprint density at radius 2 is 1.59 bits per heavy atom. The number of benzene rings is 2. The maximum atomic E-state index is 12.4. The first-order valence-corrected chi connectivity index (χ1v) is 9.66. The second kappa shape index (κ2) is 9.87. The summed E-state index contributed by atoms with van der Waals surface area (Å²) in [6.07, 6.45) is 1.15. The first-order valence-electron chi connectivity index (χ1n) is 9.66. The summed E-state index contributed by atoms with van der Waals surface area (Å²) >= 11 is 0. The average Bonchev–Trinajstić information content (AvgIpc) is 2.63. The number of ketones is 1. The predicted molar refractivity (Wildman–Crippen MR) is 115 cm³/mol. The maximum absolute atomic E-state index is 12.4. The highest BCUT2D eigenvalue weighted by atomic mass is 16.5. The molecule has 2 aromatic carbocycles. The van der Waals surface area contributed by atoms with E-state index in [4.69, 9.17) is 4.74 Å². The molecule has 0 bridgehead atoms. The Hall–Kier alpha value is -3.15. The van der Waals surface area contributed by atoms with Crippen LogP contribution in [0.2, 0.25) is 0 Å². The molecule has 29 heavy (non-hydrogen) atoms. The molecule has 2 amide bonds. The van der Waals surface area contributed by atoms with Crippen molar-refractivity contribution >= 4 is 29.0 Å². The van der Waals surface area contributed by atoms with Crippen LogP contribution in [0.25, 0.3) is 0 Å². The van der Waals surface area contributed by atoms with Crippen molar-refractivity contribution in [2.24, 2.45) is 0 Å². The lowest BCUT2D eigenvalue weighted by Crippen LogP contribution is -2.22. The normalized spacial score (nSPS) is 10.4. The molecule has 0 aromatic heterocycles. The molecule has 2 aromatic rings. The molecule has 2 N–H and O–H groups in total. The minimum Gasteiger partial charge on any atom is -0.483 e. The van der Waals surface area contributed by atoms with E-state index in [1.165, 1.54) is 6.92 Å². The van der Waals surface area contributed by atoms with Crippen LogP contribution < -0.4 is 15.4 Å². The number of carbonyl (C=O) groups is 3. The molecule has 6 heteroatoms. The molecule has 0 spiro atoms. The van der Waals surface area contributed by atoms with Crippen LogP contribution in [-0.4, -0.2) is 24.2 Å². The van der Waals surface area contributed by atoms with Crippen molar-refractivity contribution in [1.82, 2.24) is 0 Å². The van der Waals surface area contributed by atoms with Gasteiger partial charge in [0.05, 0.1) is 5.56 Å². The number of amides is 2. The monoisotopic (exact) mass is 396 g/mol. The lowest BCUT2D eigenvalue weighted by molar-refractivity contribution is -0.118. The third-order valence-electron chi connectivity index (χ3n) is 4.42. The van der Waals surface area contributed by atoms with Gasteiger partial charge < -0.3 is 15.4 Å². The standard InChI is InChI=1S/C23H28N2O4/c1-6-7-21(27)24-18-8-9-20(19(12-18)17(5)26)29-13-22(28)25-23-15(3)10-14(2)11-16(23)4/h8-12H,6-7,13H2,1-5H3,(H,24,27)(H,25,28). The van der Waals surface area contributed by atoms with E-state index in [0.717, 1.165) is 28.8 Å². The lowest BCUT2D eigenvalue weighted by atomic mass is 10.1. The Labute approximate surface area is 171 Å². The number of Topliss-reactive ketones (excluding diaryl/α,β-unsaturated/α-hetero) is 1. The average molecular weight is 396 g/mol. The van der Waals surface area contributed by atoms with Crippen LogP contribution >= 0.6 is 0 Å². The van der Waals surface area contributed by atoms with E-state index in [-0.39, 0.29) is 24.2 Å². The number of carbonyl (C=O) groups excluding carboxylic acids is 3. The predicted octanol–water partition coefficient (Wildman–Crippen LogP) is 4.57. The summed E-state index contributed by atoms with van der Waals surface area (Å²) in [6, 6.07) is 8.82. The molecule has 0 heterocycles. The van der Waals surface area contributed by atoms with Gasteiger partial charge in [0, 0.05) is 17.8 Å². The molecular formula is C23H28N2O4. The van der Waals surface area contributed by atoms with Gasteiger partial charge in [-0.3, -0.25) is 14.4 Å². The first-order chi connectivity index (χ1) is 13.7. The van der Waals surface area contributed by atoms with Crippen LogP contribution in [0.5, 0.6) is 5.75 Å². The minimum atomic E-state index is -0.310. The van der Waals surface area contributed by atoms with Gasteiger partial charge in [0.1, 0.15) is 5.75 Å². The second-order valence-electron chi connectivity index (χ2n) is 7.18. The van der Waals surface area contributed by atoms with Gasteiger partial charge in [-0.1, -0.05) is 24.6 Å². The van der Waals surface area contributed by atoms with E-state index in [2.05, 4.69) is 10.6 Å². The summed E-state index contributed by atoms with van der Waals surface area (Å²) in [5.41, 5.74) is 4.70. The Bertz CT molecular complexity index is 911. The summed E-state index contributed by atoms with van der Waals surface area (Å²) in [6.45, 7) is 8.99. The quantitative estimate of drug-likeness (QED) is 0.640. The zero-order valence-corrected chi connectivity index (χ0v) is 17.6. The van der Waals surface area contributed by atoms with Crippen LogP contribution in [0.4, 0.5) is 11.4 Å². The van der Waals surface area contributed by atoms with Gasteiger partial charge in [-0.05, 0) is 63.4 Å². The van der Waals surface area contributed by atoms with E-state index >= 15 is 0 Å². The first kappa shape index (κ1) is 22.1. The fraction of sp³-hybridized carbons (Fsp3) is 0.348. The van der Waals surface area contributed by atoms with Crippen LogP contribution in [0.3, 0.4) is 0 Å². The molecule has 0 saturated heterocycles. The fourth-order valence-corrected chi connectivity index (χ4v) is 3.16. The van der Waals surface area contributed by atoms with Gasteiger partial charge in [0.15, 0.2) is 12.4 Å². The molecule has 0 aliphatic heterocycles. The highest BCUT2D eigenvalue weighted by molar-refractivity contribution is 6.00. The third kappa shape index (κ3) is 6.17. The third-order valence-corrected chi connectivity index (χ3v) is 4.42. The number of aryl methyl sites for hydroxylation is 3. The Morgan fingerprint density at radius 1 is 0.931 bits per heavy atom. The molecule has 0 unspecified atom stereocenters. The van der Waals surface area contributed by atoms with Crippen molar-refractivity contribution in [3.05, 3.63) is 52.6 Å². The van der Waals surface area contributed by atoms with Crippen molar-refractivity contribution in [3.63, 3.8) is 0 Å². The second-order valence-corrected chi connectivity index (χ2v) is 7.18. The number of hydrogen-bond acceptors (Lipinski definition) is 4. The minimum absolute atomic E-state index is 0.112. The van der Waals surface area contributed by atoms with Crippen LogP contribution in [0, 0.1) is 20.8 Å². The molecule has 0 fully saturated rings. The Kier molecular flexibility index (Phi) is 7.53. The fourth-order valence-electron chi connectivity index (χ4n) is 3.16. The molecule has 6 nitrogen and oxygen atoms in total.